The summed E-state index contributed by atoms with van der Waals surface area (Å²) in [7, 11) is 1.90. The Bertz CT molecular complexity index is 1660. The van der Waals surface area contributed by atoms with Gasteiger partial charge in [-0.1, -0.05) is 17.4 Å². The number of nitrogens with zero attached hydrogens (tertiary/aromatic N) is 4. The second-order valence-corrected chi connectivity index (χ2v) is 9.87. The number of benzene rings is 2. The number of Topliss-reactive ketones (excluding diaryl/α,β-unsaturated/α-hetero) is 1. The Labute approximate surface area is 220 Å². The van der Waals surface area contributed by atoms with Gasteiger partial charge in [0.2, 0.25) is 0 Å². The topological polar surface area (TPSA) is 133 Å². The van der Waals surface area contributed by atoms with E-state index in [1.165, 1.54) is 23.2 Å². The predicted octanol–water partition coefficient (Wildman–Crippen LogP) is 3.84. The molecule has 1 amide bonds. The van der Waals surface area contributed by atoms with Crippen molar-refractivity contribution in [2.45, 2.75) is 6.04 Å². The Kier molecular flexibility index (Phi) is 5.57. The number of hydrogen-bond donors (Lipinski definition) is 2. The molecular weight excluding hydrogens is 508 g/mol. The van der Waals surface area contributed by atoms with Gasteiger partial charge in [-0.15, -0.1) is 0 Å². The number of ketones is 1. The quantitative estimate of drug-likeness (QED) is 0.230. The molecule has 2 aliphatic rings. The van der Waals surface area contributed by atoms with E-state index in [9.17, 15) is 24.6 Å². The molecule has 1 unspecified atom stereocenters. The van der Waals surface area contributed by atoms with E-state index in [0.717, 1.165) is 17.0 Å². The van der Waals surface area contributed by atoms with Crippen LogP contribution >= 0.6 is 11.3 Å². The fourth-order valence-corrected chi connectivity index (χ4v) is 5.68. The molecule has 10 nitrogen and oxygen atoms in total. The third-order valence-corrected chi connectivity index (χ3v) is 7.59. The lowest BCUT2D eigenvalue weighted by molar-refractivity contribution is -0.132. The minimum Gasteiger partial charge on any atom is -0.507 e. The molecule has 6 rings (SSSR count). The molecule has 2 aromatic carbocycles. The van der Waals surface area contributed by atoms with Crippen molar-refractivity contribution in [1.29, 1.82) is 0 Å². The number of likely N-dealkylation sites (N-methyl/N-ethyl adjacent to an activating group) is 1. The number of fused-ring (bicyclic) bond motifs is 2. The summed E-state index contributed by atoms with van der Waals surface area (Å²) in [6.07, 6.45) is 1.54. The number of carboxylic acid groups (broad SMARTS) is 1. The summed E-state index contributed by atoms with van der Waals surface area (Å²) in [5, 5.41) is 21.0. The number of amides is 1. The van der Waals surface area contributed by atoms with Crippen LogP contribution in [-0.4, -0.2) is 58.0 Å². The number of carbonyl (C=O) groups is 3. The maximum atomic E-state index is 13.4. The molecule has 38 heavy (non-hydrogen) atoms. The fraction of sp³-hybridized carbons (Fsp3) is 0.148. The Balaban J connectivity index is 1.52. The average molecular weight is 529 g/mol. The van der Waals surface area contributed by atoms with Gasteiger partial charge in [-0.05, 0) is 48.5 Å². The zero-order chi connectivity index (χ0) is 26.6. The van der Waals surface area contributed by atoms with Crippen molar-refractivity contribution >= 4 is 55.8 Å². The highest BCUT2D eigenvalue weighted by Crippen LogP contribution is 2.44. The maximum Gasteiger partial charge on any atom is 0.335 e. The minimum atomic E-state index is -1.09. The van der Waals surface area contributed by atoms with Crippen molar-refractivity contribution in [1.82, 2.24) is 9.97 Å². The molecule has 2 aromatic heterocycles. The number of carbonyl (C=O) groups excluding carboxylic acids is 2. The van der Waals surface area contributed by atoms with Crippen molar-refractivity contribution in [3.63, 3.8) is 0 Å². The summed E-state index contributed by atoms with van der Waals surface area (Å²) in [6, 6.07) is 13.6. The molecule has 2 aliphatic heterocycles. The highest BCUT2D eigenvalue weighted by molar-refractivity contribution is 7.22. The van der Waals surface area contributed by atoms with Crippen molar-refractivity contribution in [2.24, 2.45) is 0 Å². The van der Waals surface area contributed by atoms with Gasteiger partial charge in [-0.3, -0.25) is 19.5 Å². The average Bonchev–Trinajstić information content (AvgIpc) is 3.46. The lowest BCUT2D eigenvalue weighted by Gasteiger charge is -2.28. The first kappa shape index (κ1) is 23.6. The van der Waals surface area contributed by atoms with Crippen LogP contribution in [0.1, 0.15) is 27.7 Å². The van der Waals surface area contributed by atoms with Crippen LogP contribution in [0.2, 0.25) is 0 Å². The van der Waals surface area contributed by atoms with E-state index in [2.05, 4.69) is 9.97 Å². The van der Waals surface area contributed by atoms with E-state index in [1.807, 2.05) is 11.9 Å². The van der Waals surface area contributed by atoms with Gasteiger partial charge in [-0.25, -0.2) is 9.78 Å². The summed E-state index contributed by atoms with van der Waals surface area (Å²) >= 11 is 1.08. The third-order valence-electron chi connectivity index (χ3n) is 6.57. The molecule has 0 saturated carbocycles. The van der Waals surface area contributed by atoms with Gasteiger partial charge in [-0.2, -0.15) is 0 Å². The van der Waals surface area contributed by atoms with Crippen molar-refractivity contribution in [3.05, 3.63) is 83.2 Å². The molecule has 1 fully saturated rings. The van der Waals surface area contributed by atoms with Crippen LogP contribution in [-0.2, 0) is 9.59 Å². The van der Waals surface area contributed by atoms with E-state index in [-0.39, 0.29) is 22.0 Å². The van der Waals surface area contributed by atoms with E-state index < -0.39 is 23.7 Å². The van der Waals surface area contributed by atoms with Gasteiger partial charge < -0.3 is 19.8 Å². The molecule has 4 heterocycles. The molecular formula is C27H20N4O6S. The first-order valence-electron chi connectivity index (χ1n) is 11.7. The van der Waals surface area contributed by atoms with Crippen molar-refractivity contribution in [3.8, 4) is 5.75 Å². The predicted molar refractivity (Wildman–Crippen MR) is 141 cm³/mol. The molecule has 190 valence electrons. The van der Waals surface area contributed by atoms with E-state index in [0.29, 0.717) is 40.4 Å². The smallest absolute Gasteiger partial charge is 0.335 e. The number of aliphatic hydroxyl groups is 1. The minimum absolute atomic E-state index is 0.0809. The lowest BCUT2D eigenvalue weighted by Crippen LogP contribution is -2.29. The summed E-state index contributed by atoms with van der Waals surface area (Å²) in [6.45, 7) is 1.20. The number of rotatable bonds is 4. The van der Waals surface area contributed by atoms with Crippen LogP contribution in [0.15, 0.2) is 66.4 Å². The zero-order valence-corrected chi connectivity index (χ0v) is 20.8. The first-order valence-corrected chi connectivity index (χ1v) is 12.5. The number of pyridine rings is 1. The number of carboxylic acids is 1. The first-order chi connectivity index (χ1) is 18.3. The number of ether oxygens (including phenoxy) is 1. The largest absolute Gasteiger partial charge is 0.507 e. The van der Waals surface area contributed by atoms with Gasteiger partial charge in [0.1, 0.15) is 24.2 Å². The Morgan fingerprint density at radius 3 is 2.66 bits per heavy atom. The second-order valence-electron chi connectivity index (χ2n) is 8.86. The summed E-state index contributed by atoms with van der Waals surface area (Å²) in [5.74, 6) is -2.49. The van der Waals surface area contributed by atoms with Gasteiger partial charge in [0.15, 0.2) is 5.13 Å². The summed E-state index contributed by atoms with van der Waals surface area (Å²) in [5.41, 5.74) is 1.93. The summed E-state index contributed by atoms with van der Waals surface area (Å²) in [4.78, 5) is 50.4. The monoisotopic (exact) mass is 528 g/mol. The second kappa shape index (κ2) is 8.96. The van der Waals surface area contributed by atoms with Crippen molar-refractivity contribution < 1.29 is 29.3 Å². The van der Waals surface area contributed by atoms with Crippen molar-refractivity contribution in [2.75, 3.05) is 30.0 Å². The number of anilines is 2. The number of aliphatic hydroxyl groups excluding tert-OH is 1. The molecule has 2 N–H and O–H groups in total. The van der Waals surface area contributed by atoms with Crippen LogP contribution in [0, 0.1) is 0 Å². The number of aromatic carboxylic acids is 1. The SMILES string of the molecule is CN1CCOc2ccc(/C(O)=C3\C(=O)C(=O)N(c4nc5ccc(C(=O)O)cc5s4)C3c3ccccn3)cc21. The molecule has 1 atom stereocenters. The Morgan fingerprint density at radius 2 is 1.89 bits per heavy atom. The molecule has 4 aromatic rings. The van der Waals surface area contributed by atoms with E-state index in [1.54, 1.807) is 42.5 Å². The molecule has 0 radical (unpaired) electrons. The normalized spacial score (nSPS) is 18.5. The highest BCUT2D eigenvalue weighted by atomic mass is 32.1. The number of aromatic nitrogens is 2. The maximum absolute atomic E-state index is 13.4. The van der Waals surface area contributed by atoms with Gasteiger partial charge in [0, 0.05) is 18.8 Å². The molecule has 0 spiro atoms. The lowest BCUT2D eigenvalue weighted by atomic mass is 9.98. The molecule has 0 aliphatic carbocycles. The molecule has 1 saturated heterocycles. The highest BCUT2D eigenvalue weighted by Gasteiger charge is 2.49. The van der Waals surface area contributed by atoms with Crippen LogP contribution in [0.3, 0.4) is 0 Å². The van der Waals surface area contributed by atoms with Gasteiger partial charge in [0.05, 0.1) is 39.3 Å². The van der Waals surface area contributed by atoms with Crippen LogP contribution < -0.4 is 14.5 Å². The van der Waals surface area contributed by atoms with Crippen LogP contribution in [0.25, 0.3) is 16.0 Å². The Morgan fingerprint density at radius 1 is 1.08 bits per heavy atom. The fourth-order valence-electron chi connectivity index (χ4n) is 4.65. The number of thiazole rings is 1. The van der Waals surface area contributed by atoms with E-state index in [4.69, 9.17) is 4.74 Å². The number of hydrogen-bond acceptors (Lipinski definition) is 9. The van der Waals surface area contributed by atoms with Crippen LogP contribution in [0.4, 0.5) is 10.8 Å². The molecule has 11 heteroatoms. The van der Waals surface area contributed by atoms with Crippen LogP contribution in [0.5, 0.6) is 5.75 Å². The van der Waals surface area contributed by atoms with Gasteiger partial charge >= 0.3 is 11.9 Å². The molecule has 0 bridgehead atoms. The zero-order valence-electron chi connectivity index (χ0n) is 20.0. The summed E-state index contributed by atoms with van der Waals surface area (Å²) < 4.78 is 6.23. The third kappa shape index (κ3) is 3.75. The standard InChI is InChI=1S/C27H20N4O6S/c1-30-10-11-37-19-8-6-14(12-18(19)30)23(32)21-22(17-4-2-3-9-28-17)31(25(34)24(21)33)27-29-16-7-5-15(26(35)36)13-20(16)38-27/h2-9,12-13,22,32H,10-11H2,1H3,(H,35,36)/b23-21+. The van der Waals surface area contributed by atoms with Gasteiger partial charge in [0.25, 0.3) is 5.78 Å². The van der Waals surface area contributed by atoms with E-state index >= 15 is 0 Å². The Hall–Kier alpha value is -4.77.